The van der Waals surface area contributed by atoms with E-state index in [0.29, 0.717) is 5.92 Å². The maximum atomic E-state index is 6.76. The van der Waals surface area contributed by atoms with Gasteiger partial charge in [0.15, 0.2) is 0 Å². The molecule has 1 nitrogen and oxygen atoms in total. The van der Waals surface area contributed by atoms with E-state index in [1.165, 1.54) is 36.8 Å². The van der Waals surface area contributed by atoms with E-state index in [2.05, 4.69) is 39.0 Å². The molecular formula is C18H25ClO. The number of benzene rings is 1. The molecule has 3 rings (SSSR count). The Balaban J connectivity index is 1.75. The van der Waals surface area contributed by atoms with Crippen LogP contribution < -0.4 is 4.74 Å². The van der Waals surface area contributed by atoms with Crippen LogP contribution in [-0.4, -0.2) is 5.60 Å². The molecule has 1 aromatic carbocycles. The van der Waals surface area contributed by atoms with E-state index in [4.69, 9.17) is 16.3 Å². The molecule has 1 atom stereocenters. The van der Waals surface area contributed by atoms with Gasteiger partial charge in [-0.1, -0.05) is 31.9 Å². The van der Waals surface area contributed by atoms with E-state index in [1.54, 1.807) is 0 Å². The van der Waals surface area contributed by atoms with Crippen LogP contribution in [0.1, 0.15) is 63.0 Å². The van der Waals surface area contributed by atoms with Crippen LogP contribution in [0.5, 0.6) is 5.75 Å². The van der Waals surface area contributed by atoms with Crippen molar-refractivity contribution in [3.05, 3.63) is 29.3 Å². The first-order valence-corrected chi connectivity index (χ1v) is 8.34. The zero-order valence-corrected chi connectivity index (χ0v) is 13.5. The molecule has 1 saturated carbocycles. The third-order valence-electron chi connectivity index (χ3n) is 4.88. The van der Waals surface area contributed by atoms with Gasteiger partial charge in [0.1, 0.15) is 11.4 Å². The molecule has 110 valence electrons. The van der Waals surface area contributed by atoms with Gasteiger partial charge >= 0.3 is 0 Å². The van der Waals surface area contributed by atoms with E-state index >= 15 is 0 Å². The smallest absolute Gasteiger partial charge is 0.123 e. The number of rotatable bonds is 2. The van der Waals surface area contributed by atoms with Gasteiger partial charge in [-0.05, 0) is 55.7 Å². The van der Waals surface area contributed by atoms with Gasteiger partial charge in [0.05, 0.1) is 5.38 Å². The highest BCUT2D eigenvalue weighted by molar-refractivity contribution is 6.21. The Bertz CT molecular complexity index is 486. The van der Waals surface area contributed by atoms with Crippen LogP contribution in [0, 0.1) is 11.8 Å². The number of hydrogen-bond donors (Lipinski definition) is 0. The lowest BCUT2D eigenvalue weighted by atomic mass is 9.79. The summed E-state index contributed by atoms with van der Waals surface area (Å²) in [6.45, 7) is 6.65. The van der Waals surface area contributed by atoms with E-state index in [1.807, 2.05) is 0 Å². The van der Waals surface area contributed by atoms with E-state index < -0.39 is 0 Å². The maximum absolute atomic E-state index is 6.76. The van der Waals surface area contributed by atoms with Gasteiger partial charge in [-0.2, -0.15) is 0 Å². The van der Waals surface area contributed by atoms with Crippen molar-refractivity contribution in [2.24, 2.45) is 11.8 Å². The minimum atomic E-state index is -0.0664. The molecule has 0 bridgehead atoms. The minimum absolute atomic E-state index is 0.0664. The summed E-state index contributed by atoms with van der Waals surface area (Å²) in [5, 5.41) is 0.163. The summed E-state index contributed by atoms with van der Waals surface area (Å²) in [6.07, 6.45) is 6.19. The number of ether oxygens (including phenoxy) is 1. The number of fused-ring (bicyclic) bond motifs is 1. The van der Waals surface area contributed by atoms with Gasteiger partial charge < -0.3 is 4.74 Å². The molecule has 0 amide bonds. The second-order valence-electron chi connectivity index (χ2n) is 7.33. The van der Waals surface area contributed by atoms with E-state index in [9.17, 15) is 0 Å². The normalized spacial score (nSPS) is 29.6. The Morgan fingerprint density at radius 1 is 1.20 bits per heavy atom. The zero-order valence-electron chi connectivity index (χ0n) is 12.8. The zero-order chi connectivity index (χ0) is 14.3. The van der Waals surface area contributed by atoms with Crippen molar-refractivity contribution in [2.45, 2.75) is 63.9 Å². The van der Waals surface area contributed by atoms with Gasteiger partial charge in [-0.3, -0.25) is 0 Å². The molecule has 1 aliphatic heterocycles. The molecule has 0 N–H and O–H groups in total. The molecular weight excluding hydrogens is 268 g/mol. The Morgan fingerprint density at radius 2 is 1.90 bits per heavy atom. The molecule has 1 unspecified atom stereocenters. The van der Waals surface area contributed by atoms with Crippen LogP contribution in [0.2, 0.25) is 0 Å². The molecule has 0 saturated heterocycles. The van der Waals surface area contributed by atoms with Crippen molar-refractivity contribution in [3.63, 3.8) is 0 Å². The molecule has 1 fully saturated rings. The second kappa shape index (κ2) is 5.26. The van der Waals surface area contributed by atoms with Crippen LogP contribution >= 0.6 is 11.6 Å². The summed E-state index contributed by atoms with van der Waals surface area (Å²) in [7, 11) is 0. The first-order chi connectivity index (χ1) is 9.44. The molecule has 1 aliphatic carbocycles. The molecule has 20 heavy (non-hydrogen) atoms. The second-order valence-corrected chi connectivity index (χ2v) is 7.80. The maximum Gasteiger partial charge on any atom is 0.123 e. The summed E-state index contributed by atoms with van der Waals surface area (Å²) in [4.78, 5) is 0. The third-order valence-corrected chi connectivity index (χ3v) is 5.49. The van der Waals surface area contributed by atoms with E-state index in [0.717, 1.165) is 18.1 Å². The first-order valence-electron chi connectivity index (χ1n) is 7.90. The van der Waals surface area contributed by atoms with Gasteiger partial charge in [0.2, 0.25) is 0 Å². The summed E-state index contributed by atoms with van der Waals surface area (Å²) < 4.78 is 5.95. The van der Waals surface area contributed by atoms with Crippen molar-refractivity contribution in [1.82, 2.24) is 0 Å². The van der Waals surface area contributed by atoms with Crippen molar-refractivity contribution >= 4 is 11.6 Å². The molecule has 0 radical (unpaired) electrons. The van der Waals surface area contributed by atoms with E-state index in [-0.39, 0.29) is 11.0 Å². The third kappa shape index (κ3) is 2.83. The van der Waals surface area contributed by atoms with Gasteiger partial charge in [0, 0.05) is 6.42 Å². The van der Waals surface area contributed by atoms with Crippen LogP contribution in [0.25, 0.3) is 0 Å². The minimum Gasteiger partial charge on any atom is -0.487 e. The summed E-state index contributed by atoms with van der Waals surface area (Å²) in [5.41, 5.74) is 2.54. The molecule has 1 heterocycles. The first kappa shape index (κ1) is 14.3. The fourth-order valence-corrected chi connectivity index (χ4v) is 4.04. The summed E-state index contributed by atoms with van der Waals surface area (Å²) >= 11 is 6.76. The quantitative estimate of drug-likeness (QED) is 0.653. The fourth-order valence-electron chi connectivity index (χ4n) is 3.65. The van der Waals surface area contributed by atoms with Crippen molar-refractivity contribution in [1.29, 1.82) is 0 Å². The number of hydrogen-bond acceptors (Lipinski definition) is 1. The van der Waals surface area contributed by atoms with Crippen LogP contribution in [0.4, 0.5) is 0 Å². The largest absolute Gasteiger partial charge is 0.487 e. The Morgan fingerprint density at radius 3 is 2.60 bits per heavy atom. The highest BCUT2D eigenvalue weighted by Crippen LogP contribution is 2.43. The topological polar surface area (TPSA) is 9.23 Å². The van der Waals surface area contributed by atoms with Crippen molar-refractivity contribution in [3.8, 4) is 5.75 Å². The summed E-state index contributed by atoms with van der Waals surface area (Å²) in [6, 6.07) is 6.55. The van der Waals surface area contributed by atoms with Crippen LogP contribution in [-0.2, 0) is 6.42 Å². The highest BCUT2D eigenvalue weighted by Gasteiger charge is 2.31. The lowest BCUT2D eigenvalue weighted by Gasteiger charge is -2.29. The Labute approximate surface area is 127 Å². The van der Waals surface area contributed by atoms with Crippen LogP contribution in [0.3, 0.4) is 0 Å². The van der Waals surface area contributed by atoms with Gasteiger partial charge in [-0.15, -0.1) is 11.6 Å². The van der Waals surface area contributed by atoms with Crippen molar-refractivity contribution < 1.29 is 4.74 Å². The lowest BCUT2D eigenvalue weighted by Crippen LogP contribution is -2.24. The summed E-state index contributed by atoms with van der Waals surface area (Å²) in [5.74, 6) is 2.56. The van der Waals surface area contributed by atoms with Gasteiger partial charge in [-0.25, -0.2) is 0 Å². The van der Waals surface area contributed by atoms with Crippen LogP contribution in [0.15, 0.2) is 18.2 Å². The fraction of sp³-hybridized carbons (Fsp3) is 0.667. The Kier molecular flexibility index (Phi) is 3.75. The molecule has 1 aromatic rings. The monoisotopic (exact) mass is 292 g/mol. The molecule has 0 aromatic heterocycles. The molecule has 0 spiro atoms. The standard InChI is InChI=1S/C18H25ClO/c1-12-4-6-13(7-5-12)17(19)14-8-9-16-15(10-14)11-18(2,3)20-16/h8-10,12-13,17H,4-7,11H2,1-3H3. The highest BCUT2D eigenvalue weighted by atomic mass is 35.5. The average molecular weight is 293 g/mol. The SMILES string of the molecule is CC1CCC(C(Cl)c2ccc3c(c2)CC(C)(C)O3)CC1. The average Bonchev–Trinajstić information content (AvgIpc) is 2.71. The lowest BCUT2D eigenvalue weighted by molar-refractivity contribution is 0.138. The number of alkyl halides is 1. The predicted molar refractivity (Wildman–Crippen MR) is 84.6 cm³/mol. The van der Waals surface area contributed by atoms with Gasteiger partial charge in [0.25, 0.3) is 0 Å². The number of halogens is 1. The molecule has 2 aliphatic rings. The van der Waals surface area contributed by atoms with Crippen molar-refractivity contribution in [2.75, 3.05) is 0 Å². The molecule has 2 heteroatoms. The predicted octanol–water partition coefficient (Wildman–Crippen LogP) is 5.51. The Hall–Kier alpha value is -0.690.